The highest BCUT2D eigenvalue weighted by molar-refractivity contribution is 5.21. The van der Waals surface area contributed by atoms with Crippen LogP contribution < -0.4 is 0 Å². The summed E-state index contributed by atoms with van der Waals surface area (Å²) in [5, 5.41) is 8.98. The molecular formula is C13H17FN2. The molecule has 0 amide bonds. The van der Waals surface area contributed by atoms with Gasteiger partial charge in [0, 0.05) is 11.6 Å². The molecule has 0 aliphatic rings. The quantitative estimate of drug-likeness (QED) is 0.779. The van der Waals surface area contributed by atoms with Crippen molar-refractivity contribution in [2.75, 3.05) is 7.05 Å². The molecule has 3 heteroatoms. The van der Waals surface area contributed by atoms with E-state index in [2.05, 4.69) is 6.07 Å². The number of nitrogens with zero attached hydrogens (tertiary/aromatic N) is 2. The third kappa shape index (κ3) is 2.59. The lowest BCUT2D eigenvalue weighted by molar-refractivity contribution is 0.213. The molecule has 2 unspecified atom stereocenters. The Balaban J connectivity index is 2.90. The molecule has 0 aliphatic carbocycles. The summed E-state index contributed by atoms with van der Waals surface area (Å²) in [5.41, 5.74) is 0.638. The lowest BCUT2D eigenvalue weighted by Gasteiger charge is -2.28. The summed E-state index contributed by atoms with van der Waals surface area (Å²) in [5.74, 6) is -0.213. The summed E-state index contributed by atoms with van der Waals surface area (Å²) >= 11 is 0. The Bertz CT molecular complexity index is 384. The van der Waals surface area contributed by atoms with Gasteiger partial charge in [-0.25, -0.2) is 4.39 Å². The summed E-state index contributed by atoms with van der Waals surface area (Å²) in [6, 6.07) is 8.67. The van der Waals surface area contributed by atoms with Crippen molar-refractivity contribution in [3.05, 3.63) is 35.6 Å². The van der Waals surface area contributed by atoms with Crippen LogP contribution in [-0.4, -0.2) is 18.0 Å². The number of nitriles is 1. The first kappa shape index (κ1) is 12.7. The van der Waals surface area contributed by atoms with Crippen LogP contribution in [0.3, 0.4) is 0 Å². The molecule has 0 spiro atoms. The summed E-state index contributed by atoms with van der Waals surface area (Å²) < 4.78 is 13.6. The maximum Gasteiger partial charge on any atom is 0.127 e. The van der Waals surface area contributed by atoms with Crippen LogP contribution in [0, 0.1) is 17.1 Å². The molecule has 0 heterocycles. The largest absolute Gasteiger partial charge is 0.284 e. The van der Waals surface area contributed by atoms with E-state index in [0.29, 0.717) is 5.56 Å². The van der Waals surface area contributed by atoms with Gasteiger partial charge in [0.15, 0.2) is 0 Å². The Kier molecular flexibility index (Phi) is 4.45. The molecule has 86 valence electrons. The van der Waals surface area contributed by atoms with E-state index in [1.54, 1.807) is 12.1 Å². The van der Waals surface area contributed by atoms with Gasteiger partial charge in [-0.1, -0.05) is 25.1 Å². The average molecular weight is 220 g/mol. The predicted octanol–water partition coefficient (Wildman–Crippen LogP) is 3.12. The first-order chi connectivity index (χ1) is 7.61. The molecule has 0 saturated carbocycles. The summed E-state index contributed by atoms with van der Waals surface area (Å²) in [4.78, 5) is 1.90. The van der Waals surface area contributed by atoms with Crippen LogP contribution in [0.25, 0.3) is 0 Å². The van der Waals surface area contributed by atoms with Crippen LogP contribution in [0.4, 0.5) is 4.39 Å². The van der Waals surface area contributed by atoms with Gasteiger partial charge < -0.3 is 0 Å². The third-order valence-corrected chi connectivity index (χ3v) is 2.99. The van der Waals surface area contributed by atoms with E-state index in [1.807, 2.05) is 31.9 Å². The predicted molar refractivity (Wildman–Crippen MR) is 62.3 cm³/mol. The average Bonchev–Trinajstić information content (AvgIpc) is 2.30. The molecule has 16 heavy (non-hydrogen) atoms. The van der Waals surface area contributed by atoms with Gasteiger partial charge in [-0.15, -0.1) is 0 Å². The lowest BCUT2D eigenvalue weighted by Crippen LogP contribution is -2.32. The molecule has 2 atom stereocenters. The second kappa shape index (κ2) is 5.62. The van der Waals surface area contributed by atoms with Crippen molar-refractivity contribution >= 4 is 0 Å². The Labute approximate surface area is 96.3 Å². The fourth-order valence-corrected chi connectivity index (χ4v) is 1.77. The van der Waals surface area contributed by atoms with Crippen molar-refractivity contribution in [1.82, 2.24) is 4.90 Å². The fourth-order valence-electron chi connectivity index (χ4n) is 1.77. The minimum atomic E-state index is -0.213. The standard InChI is InChI=1S/C13H17FN2/c1-4-11(9-15)16(3)10(2)12-7-5-6-8-13(12)14/h5-8,10-11H,4H2,1-3H3. The zero-order chi connectivity index (χ0) is 12.1. The Hall–Kier alpha value is -1.40. The van der Waals surface area contributed by atoms with Crippen molar-refractivity contribution in [1.29, 1.82) is 5.26 Å². The van der Waals surface area contributed by atoms with Gasteiger partial charge in [0.05, 0.1) is 12.1 Å². The van der Waals surface area contributed by atoms with Crippen LogP contribution in [-0.2, 0) is 0 Å². The highest BCUT2D eigenvalue weighted by Gasteiger charge is 2.21. The van der Waals surface area contributed by atoms with Gasteiger partial charge in [0.2, 0.25) is 0 Å². The topological polar surface area (TPSA) is 27.0 Å². The molecule has 2 nitrogen and oxygen atoms in total. The van der Waals surface area contributed by atoms with E-state index in [0.717, 1.165) is 6.42 Å². The summed E-state index contributed by atoms with van der Waals surface area (Å²) in [6.07, 6.45) is 0.742. The second-order valence-corrected chi connectivity index (χ2v) is 3.92. The Morgan fingerprint density at radius 3 is 2.56 bits per heavy atom. The van der Waals surface area contributed by atoms with E-state index in [-0.39, 0.29) is 17.9 Å². The molecular weight excluding hydrogens is 203 g/mol. The minimum Gasteiger partial charge on any atom is -0.284 e. The van der Waals surface area contributed by atoms with Gasteiger partial charge >= 0.3 is 0 Å². The van der Waals surface area contributed by atoms with Crippen LogP contribution in [0.5, 0.6) is 0 Å². The first-order valence-electron chi connectivity index (χ1n) is 5.47. The maximum absolute atomic E-state index is 13.6. The number of hydrogen-bond acceptors (Lipinski definition) is 2. The van der Waals surface area contributed by atoms with Crippen LogP contribution in [0.2, 0.25) is 0 Å². The maximum atomic E-state index is 13.6. The normalized spacial score (nSPS) is 14.5. The molecule has 1 rings (SSSR count). The molecule has 0 aliphatic heterocycles. The van der Waals surface area contributed by atoms with E-state index >= 15 is 0 Å². The van der Waals surface area contributed by atoms with E-state index < -0.39 is 0 Å². The third-order valence-electron chi connectivity index (χ3n) is 2.99. The molecule has 0 fully saturated rings. The number of rotatable bonds is 4. The monoisotopic (exact) mass is 220 g/mol. The van der Waals surface area contributed by atoms with Crippen molar-refractivity contribution in [2.24, 2.45) is 0 Å². The smallest absolute Gasteiger partial charge is 0.127 e. The van der Waals surface area contributed by atoms with Crippen LogP contribution in [0.1, 0.15) is 31.9 Å². The number of halogens is 1. The zero-order valence-electron chi connectivity index (χ0n) is 9.94. The molecule has 0 radical (unpaired) electrons. The lowest BCUT2D eigenvalue weighted by atomic mass is 10.0. The van der Waals surface area contributed by atoms with Gasteiger partial charge in [-0.3, -0.25) is 4.90 Å². The molecule has 0 N–H and O–H groups in total. The van der Waals surface area contributed by atoms with Crippen molar-refractivity contribution in [3.63, 3.8) is 0 Å². The summed E-state index contributed by atoms with van der Waals surface area (Å²) in [6.45, 7) is 3.87. The van der Waals surface area contributed by atoms with Crippen molar-refractivity contribution in [2.45, 2.75) is 32.4 Å². The van der Waals surface area contributed by atoms with Crippen molar-refractivity contribution < 1.29 is 4.39 Å². The minimum absolute atomic E-state index is 0.0919. The highest BCUT2D eigenvalue weighted by atomic mass is 19.1. The summed E-state index contributed by atoms with van der Waals surface area (Å²) in [7, 11) is 1.86. The second-order valence-electron chi connectivity index (χ2n) is 3.92. The Morgan fingerprint density at radius 1 is 1.44 bits per heavy atom. The van der Waals surface area contributed by atoms with E-state index in [1.165, 1.54) is 6.07 Å². The molecule has 0 saturated heterocycles. The van der Waals surface area contributed by atoms with Gasteiger partial charge in [-0.05, 0) is 26.5 Å². The van der Waals surface area contributed by atoms with Crippen LogP contribution in [0.15, 0.2) is 24.3 Å². The number of benzene rings is 1. The van der Waals surface area contributed by atoms with E-state index in [9.17, 15) is 4.39 Å². The SMILES string of the molecule is CCC(C#N)N(C)C(C)c1ccccc1F. The fraction of sp³-hybridized carbons (Fsp3) is 0.462. The molecule has 0 bridgehead atoms. The zero-order valence-corrected chi connectivity index (χ0v) is 9.94. The van der Waals surface area contributed by atoms with E-state index in [4.69, 9.17) is 5.26 Å². The van der Waals surface area contributed by atoms with Gasteiger partial charge in [-0.2, -0.15) is 5.26 Å². The Morgan fingerprint density at radius 2 is 2.06 bits per heavy atom. The van der Waals surface area contributed by atoms with Crippen molar-refractivity contribution in [3.8, 4) is 6.07 Å². The molecule has 0 aromatic heterocycles. The molecule has 1 aromatic rings. The van der Waals surface area contributed by atoms with Crippen LogP contribution >= 0.6 is 0 Å². The highest BCUT2D eigenvalue weighted by Crippen LogP contribution is 2.23. The molecule has 1 aromatic carbocycles. The van der Waals surface area contributed by atoms with Gasteiger partial charge in [0.25, 0.3) is 0 Å². The number of hydrogen-bond donors (Lipinski definition) is 0. The van der Waals surface area contributed by atoms with Gasteiger partial charge in [0.1, 0.15) is 5.82 Å². The first-order valence-corrected chi connectivity index (χ1v) is 5.47.